The minimum absolute atomic E-state index is 0.0140. The Balaban J connectivity index is 1.91. The third-order valence-electron chi connectivity index (χ3n) is 4.53. The second kappa shape index (κ2) is 6.79. The molecule has 4 rings (SSSR count). The average Bonchev–Trinajstić information content (AvgIpc) is 3.11. The Bertz CT molecular complexity index is 1110. The summed E-state index contributed by atoms with van der Waals surface area (Å²) in [7, 11) is -3.90. The molecule has 8 heteroatoms. The molecule has 7 nitrogen and oxygen atoms in total. The van der Waals surface area contributed by atoms with Crippen LogP contribution < -0.4 is 9.88 Å². The molecule has 27 heavy (non-hydrogen) atoms. The van der Waals surface area contributed by atoms with E-state index in [1.165, 1.54) is 6.07 Å². The van der Waals surface area contributed by atoms with E-state index in [-0.39, 0.29) is 4.90 Å². The molecule has 0 amide bonds. The van der Waals surface area contributed by atoms with Crippen molar-refractivity contribution in [3.8, 4) is 22.8 Å². The lowest BCUT2D eigenvalue weighted by molar-refractivity contribution is 0.288. The molecule has 2 N–H and O–H groups in total. The number of sulfonamides is 1. The number of rotatable bonds is 4. The molecular formula is C19H20N4O3S. The summed E-state index contributed by atoms with van der Waals surface area (Å²) in [6, 6.07) is 12.4. The van der Waals surface area contributed by atoms with Crippen molar-refractivity contribution in [3.63, 3.8) is 0 Å². The van der Waals surface area contributed by atoms with E-state index in [0.717, 1.165) is 36.3 Å². The Morgan fingerprint density at radius 3 is 2.81 bits per heavy atom. The fourth-order valence-corrected chi connectivity index (χ4v) is 3.95. The summed E-state index contributed by atoms with van der Waals surface area (Å²) in [5, 5.41) is 9.92. The zero-order valence-electron chi connectivity index (χ0n) is 14.9. The number of para-hydroxylation sites is 1. The van der Waals surface area contributed by atoms with Gasteiger partial charge in [-0.2, -0.15) is 5.10 Å². The summed E-state index contributed by atoms with van der Waals surface area (Å²) in [5.41, 5.74) is 2.36. The van der Waals surface area contributed by atoms with Crippen molar-refractivity contribution < 1.29 is 13.2 Å². The second-order valence-electron chi connectivity index (χ2n) is 6.40. The molecule has 2 heterocycles. The first kappa shape index (κ1) is 17.7. The molecule has 0 saturated heterocycles. The Labute approximate surface area is 157 Å². The van der Waals surface area contributed by atoms with Crippen molar-refractivity contribution in [2.45, 2.75) is 31.1 Å². The molecule has 0 saturated carbocycles. The van der Waals surface area contributed by atoms with Crippen LogP contribution in [0.25, 0.3) is 17.1 Å². The summed E-state index contributed by atoms with van der Waals surface area (Å²) in [6.45, 7) is 2.68. The Morgan fingerprint density at radius 2 is 2.04 bits per heavy atom. The number of aryl methyl sites for hydroxylation is 2. The fraction of sp³-hybridized carbons (Fsp3) is 0.263. The van der Waals surface area contributed by atoms with Gasteiger partial charge in [-0.05, 0) is 48.7 Å². The predicted octanol–water partition coefficient (Wildman–Crippen LogP) is 2.47. The lowest BCUT2D eigenvalue weighted by Crippen LogP contribution is -2.16. The number of benzene rings is 2. The van der Waals surface area contributed by atoms with Gasteiger partial charge in [0.25, 0.3) is 0 Å². The SMILES string of the molecule is CCc1nc(-c2ccc3c(c2)CCCO3)n(-c2ccccc2S(N)(=O)=O)n1. The number of nitrogens with zero attached hydrogens (tertiary/aromatic N) is 3. The summed E-state index contributed by atoms with van der Waals surface area (Å²) in [6.07, 6.45) is 2.54. The van der Waals surface area contributed by atoms with Crippen LogP contribution in [-0.4, -0.2) is 29.8 Å². The molecule has 1 aliphatic heterocycles. The monoisotopic (exact) mass is 384 g/mol. The van der Waals surface area contributed by atoms with E-state index in [1.54, 1.807) is 22.9 Å². The number of primary sulfonamides is 1. The normalized spacial score (nSPS) is 13.9. The van der Waals surface area contributed by atoms with E-state index < -0.39 is 10.0 Å². The van der Waals surface area contributed by atoms with Crippen LogP contribution in [0.15, 0.2) is 47.4 Å². The Kier molecular flexibility index (Phi) is 4.45. The van der Waals surface area contributed by atoms with E-state index in [9.17, 15) is 8.42 Å². The summed E-state index contributed by atoms with van der Waals surface area (Å²) in [5.74, 6) is 2.09. The van der Waals surface area contributed by atoms with Crippen molar-refractivity contribution in [2.75, 3.05) is 6.61 Å². The molecule has 0 fully saturated rings. The molecule has 0 spiro atoms. The van der Waals surface area contributed by atoms with Crippen LogP contribution in [0.4, 0.5) is 0 Å². The zero-order chi connectivity index (χ0) is 19.0. The summed E-state index contributed by atoms with van der Waals surface area (Å²) < 4.78 is 31.3. The molecule has 3 aromatic rings. The smallest absolute Gasteiger partial charge is 0.240 e. The quantitative estimate of drug-likeness (QED) is 0.745. The highest BCUT2D eigenvalue weighted by Crippen LogP contribution is 2.31. The van der Waals surface area contributed by atoms with Crippen LogP contribution in [0, 0.1) is 0 Å². The minimum atomic E-state index is -3.90. The molecular weight excluding hydrogens is 364 g/mol. The molecule has 2 aromatic carbocycles. The van der Waals surface area contributed by atoms with Gasteiger partial charge < -0.3 is 4.74 Å². The van der Waals surface area contributed by atoms with Crippen LogP contribution in [-0.2, 0) is 22.9 Å². The summed E-state index contributed by atoms with van der Waals surface area (Å²) >= 11 is 0. The van der Waals surface area contributed by atoms with Gasteiger partial charge in [0.05, 0.1) is 12.3 Å². The lowest BCUT2D eigenvalue weighted by atomic mass is 10.0. The molecule has 0 radical (unpaired) electrons. The number of hydrogen-bond acceptors (Lipinski definition) is 5. The van der Waals surface area contributed by atoms with Gasteiger partial charge >= 0.3 is 0 Å². The standard InChI is InChI=1S/C19H20N4O3S/c1-2-18-21-19(14-9-10-16-13(12-14)6-5-11-26-16)23(22-18)15-7-3-4-8-17(15)27(20,24)25/h3-4,7-10,12H,2,5-6,11H2,1H3,(H2,20,24,25). The first-order chi connectivity index (χ1) is 13.0. The fourth-order valence-electron chi connectivity index (χ4n) is 3.23. The number of fused-ring (bicyclic) bond motifs is 1. The van der Waals surface area contributed by atoms with Crippen molar-refractivity contribution >= 4 is 10.0 Å². The van der Waals surface area contributed by atoms with Gasteiger partial charge in [-0.15, -0.1) is 0 Å². The Hall–Kier alpha value is -2.71. The third kappa shape index (κ3) is 3.33. The number of aromatic nitrogens is 3. The van der Waals surface area contributed by atoms with Crippen molar-refractivity contribution in [1.29, 1.82) is 0 Å². The summed E-state index contributed by atoms with van der Waals surface area (Å²) in [4.78, 5) is 4.64. The molecule has 140 valence electrons. The first-order valence-corrected chi connectivity index (χ1v) is 10.4. The maximum absolute atomic E-state index is 12.0. The number of hydrogen-bond donors (Lipinski definition) is 1. The second-order valence-corrected chi connectivity index (χ2v) is 7.93. The highest BCUT2D eigenvalue weighted by atomic mass is 32.2. The van der Waals surface area contributed by atoms with E-state index in [2.05, 4.69) is 10.1 Å². The molecule has 1 aromatic heterocycles. The van der Waals surface area contributed by atoms with E-state index in [4.69, 9.17) is 9.88 Å². The maximum atomic E-state index is 12.0. The average molecular weight is 384 g/mol. The predicted molar refractivity (Wildman–Crippen MR) is 101 cm³/mol. The van der Waals surface area contributed by atoms with Gasteiger partial charge in [-0.1, -0.05) is 19.1 Å². The van der Waals surface area contributed by atoms with Gasteiger partial charge in [0.2, 0.25) is 10.0 Å². The first-order valence-electron chi connectivity index (χ1n) is 8.81. The molecule has 0 aliphatic carbocycles. The molecule has 0 unspecified atom stereocenters. The highest BCUT2D eigenvalue weighted by Gasteiger charge is 2.21. The molecule has 1 aliphatic rings. The number of ether oxygens (including phenoxy) is 1. The minimum Gasteiger partial charge on any atom is -0.493 e. The third-order valence-corrected chi connectivity index (χ3v) is 5.49. The van der Waals surface area contributed by atoms with Gasteiger partial charge in [-0.3, -0.25) is 0 Å². The molecule has 0 bridgehead atoms. The van der Waals surface area contributed by atoms with Crippen LogP contribution in [0.3, 0.4) is 0 Å². The van der Waals surface area contributed by atoms with Gasteiger partial charge in [0.1, 0.15) is 10.6 Å². The largest absolute Gasteiger partial charge is 0.493 e. The van der Waals surface area contributed by atoms with Crippen LogP contribution in [0.1, 0.15) is 24.7 Å². The molecule has 0 atom stereocenters. The van der Waals surface area contributed by atoms with Crippen molar-refractivity contribution in [2.24, 2.45) is 5.14 Å². The van der Waals surface area contributed by atoms with Crippen LogP contribution in [0.2, 0.25) is 0 Å². The van der Waals surface area contributed by atoms with Crippen molar-refractivity contribution in [1.82, 2.24) is 14.8 Å². The van der Waals surface area contributed by atoms with E-state index in [0.29, 0.717) is 23.8 Å². The van der Waals surface area contributed by atoms with Gasteiger partial charge in [-0.25, -0.2) is 23.2 Å². The Morgan fingerprint density at radius 1 is 1.22 bits per heavy atom. The number of nitrogens with two attached hydrogens (primary N) is 1. The van der Waals surface area contributed by atoms with E-state index >= 15 is 0 Å². The van der Waals surface area contributed by atoms with E-state index in [1.807, 2.05) is 25.1 Å². The topological polar surface area (TPSA) is 100 Å². The van der Waals surface area contributed by atoms with Gasteiger partial charge in [0, 0.05) is 12.0 Å². The van der Waals surface area contributed by atoms with Crippen LogP contribution in [0.5, 0.6) is 5.75 Å². The van der Waals surface area contributed by atoms with Crippen molar-refractivity contribution in [3.05, 3.63) is 53.9 Å². The lowest BCUT2D eigenvalue weighted by Gasteiger charge is -2.18. The zero-order valence-corrected chi connectivity index (χ0v) is 15.7. The van der Waals surface area contributed by atoms with Crippen LogP contribution >= 0.6 is 0 Å². The van der Waals surface area contributed by atoms with Gasteiger partial charge in [0.15, 0.2) is 11.6 Å². The highest BCUT2D eigenvalue weighted by molar-refractivity contribution is 7.89. The maximum Gasteiger partial charge on any atom is 0.240 e.